The summed E-state index contributed by atoms with van der Waals surface area (Å²) in [5.74, 6) is 0.470. The normalized spacial score (nSPS) is 10.8. The van der Waals surface area contributed by atoms with E-state index in [1.807, 2.05) is 79.2 Å². The molecule has 4 rings (SSSR count). The largest absolute Gasteiger partial charge is 0.487 e. The van der Waals surface area contributed by atoms with E-state index in [0.29, 0.717) is 17.9 Å². The average Bonchev–Trinajstić information content (AvgIpc) is 3.13. The quantitative estimate of drug-likeness (QED) is 0.549. The van der Waals surface area contributed by atoms with Crippen LogP contribution in [0.4, 0.5) is 5.69 Å². The molecule has 0 atom stereocenters. The second-order valence-electron chi connectivity index (χ2n) is 6.72. The maximum atomic E-state index is 12.6. The van der Waals surface area contributed by atoms with Crippen molar-refractivity contribution in [3.05, 3.63) is 95.4 Å². The third kappa shape index (κ3) is 3.74. The van der Waals surface area contributed by atoms with Crippen molar-refractivity contribution in [1.82, 2.24) is 9.38 Å². The van der Waals surface area contributed by atoms with Crippen molar-refractivity contribution in [3.63, 3.8) is 0 Å². The van der Waals surface area contributed by atoms with Gasteiger partial charge in [0.05, 0.1) is 5.69 Å². The first kappa shape index (κ1) is 17.8. The molecule has 0 aliphatic heterocycles. The summed E-state index contributed by atoms with van der Waals surface area (Å²) in [7, 11) is 0. The summed E-state index contributed by atoms with van der Waals surface area (Å²) >= 11 is 0. The van der Waals surface area contributed by atoms with Crippen LogP contribution >= 0.6 is 0 Å². The van der Waals surface area contributed by atoms with Gasteiger partial charge in [-0.1, -0.05) is 24.3 Å². The van der Waals surface area contributed by atoms with Gasteiger partial charge >= 0.3 is 0 Å². The predicted molar refractivity (Wildman–Crippen MR) is 110 cm³/mol. The number of benzene rings is 2. The van der Waals surface area contributed by atoms with Crippen molar-refractivity contribution in [3.8, 4) is 5.75 Å². The van der Waals surface area contributed by atoms with E-state index in [4.69, 9.17) is 4.74 Å². The van der Waals surface area contributed by atoms with Gasteiger partial charge in [0.2, 0.25) is 0 Å². The molecule has 0 aliphatic rings. The number of ether oxygens (including phenoxy) is 1. The van der Waals surface area contributed by atoms with E-state index in [-0.39, 0.29) is 5.91 Å². The number of hydrogen-bond acceptors (Lipinski definition) is 3. The van der Waals surface area contributed by atoms with Crippen LogP contribution in [0, 0.1) is 13.8 Å². The smallest absolute Gasteiger partial charge is 0.255 e. The monoisotopic (exact) mass is 371 g/mol. The third-order valence-corrected chi connectivity index (χ3v) is 4.75. The third-order valence-electron chi connectivity index (χ3n) is 4.75. The summed E-state index contributed by atoms with van der Waals surface area (Å²) in [4.78, 5) is 17.2. The Labute approximate surface area is 163 Å². The molecule has 2 heterocycles. The molecular formula is C23H21N3O2. The zero-order valence-corrected chi connectivity index (χ0v) is 15.8. The lowest BCUT2D eigenvalue weighted by Gasteiger charge is -2.11. The minimum atomic E-state index is -0.160. The van der Waals surface area contributed by atoms with E-state index in [0.717, 1.165) is 28.2 Å². The van der Waals surface area contributed by atoms with Crippen molar-refractivity contribution in [1.29, 1.82) is 0 Å². The van der Waals surface area contributed by atoms with Crippen LogP contribution in [0.2, 0.25) is 0 Å². The van der Waals surface area contributed by atoms with Crippen molar-refractivity contribution in [2.24, 2.45) is 0 Å². The van der Waals surface area contributed by atoms with Crippen LogP contribution in [0.25, 0.3) is 5.65 Å². The van der Waals surface area contributed by atoms with Crippen LogP contribution < -0.4 is 10.1 Å². The van der Waals surface area contributed by atoms with Gasteiger partial charge in [-0.3, -0.25) is 4.79 Å². The van der Waals surface area contributed by atoms with Crippen LogP contribution in [-0.2, 0) is 6.61 Å². The van der Waals surface area contributed by atoms with Gasteiger partial charge in [0, 0.05) is 23.6 Å². The van der Waals surface area contributed by atoms with Crippen LogP contribution in [-0.4, -0.2) is 15.3 Å². The summed E-state index contributed by atoms with van der Waals surface area (Å²) in [6.45, 7) is 4.36. The topological polar surface area (TPSA) is 55.6 Å². The summed E-state index contributed by atoms with van der Waals surface area (Å²) in [6.07, 6.45) is 3.89. The number of aromatic nitrogens is 2. The maximum Gasteiger partial charge on any atom is 0.255 e. The number of anilines is 1. The van der Waals surface area contributed by atoms with E-state index in [9.17, 15) is 4.79 Å². The molecule has 1 N–H and O–H groups in total. The maximum absolute atomic E-state index is 12.6. The molecule has 5 nitrogen and oxygen atoms in total. The number of rotatable bonds is 5. The molecule has 0 aliphatic carbocycles. The van der Waals surface area contributed by atoms with Gasteiger partial charge in [-0.25, -0.2) is 4.98 Å². The lowest BCUT2D eigenvalue weighted by Crippen LogP contribution is -2.13. The number of amides is 1. The molecule has 4 aromatic rings. The SMILES string of the molecule is Cc1cccc(NC(=O)c2cccc(OCc3cn4ccccc4n3)c2)c1C. The molecular weight excluding hydrogens is 350 g/mol. The Hall–Kier alpha value is -3.60. The van der Waals surface area contributed by atoms with Gasteiger partial charge < -0.3 is 14.5 Å². The number of aryl methyl sites for hydroxylation is 1. The first-order chi connectivity index (χ1) is 13.6. The highest BCUT2D eigenvalue weighted by molar-refractivity contribution is 6.04. The Morgan fingerprint density at radius 2 is 1.93 bits per heavy atom. The van der Waals surface area contributed by atoms with Crippen LogP contribution in [0.3, 0.4) is 0 Å². The second kappa shape index (κ2) is 7.56. The molecule has 0 bridgehead atoms. The van der Waals surface area contributed by atoms with Crippen LogP contribution in [0.15, 0.2) is 73.1 Å². The lowest BCUT2D eigenvalue weighted by molar-refractivity contribution is 0.102. The van der Waals surface area contributed by atoms with Crippen LogP contribution in [0.5, 0.6) is 5.75 Å². The fourth-order valence-electron chi connectivity index (χ4n) is 3.02. The first-order valence-electron chi connectivity index (χ1n) is 9.13. The minimum absolute atomic E-state index is 0.160. The van der Waals surface area contributed by atoms with Gasteiger partial charge in [0.1, 0.15) is 18.0 Å². The Morgan fingerprint density at radius 3 is 2.79 bits per heavy atom. The first-order valence-corrected chi connectivity index (χ1v) is 9.13. The Kier molecular flexibility index (Phi) is 4.81. The highest BCUT2D eigenvalue weighted by Crippen LogP contribution is 2.20. The van der Waals surface area contributed by atoms with Crippen LogP contribution in [0.1, 0.15) is 27.2 Å². The van der Waals surface area contributed by atoms with Gasteiger partial charge in [-0.15, -0.1) is 0 Å². The number of nitrogens with zero attached hydrogens (tertiary/aromatic N) is 2. The van der Waals surface area contributed by atoms with Crippen molar-refractivity contribution < 1.29 is 9.53 Å². The summed E-state index contributed by atoms with van der Waals surface area (Å²) in [6, 6.07) is 18.9. The zero-order chi connectivity index (χ0) is 19.5. The molecule has 0 unspecified atom stereocenters. The molecule has 0 saturated heterocycles. The zero-order valence-electron chi connectivity index (χ0n) is 15.8. The highest BCUT2D eigenvalue weighted by Gasteiger charge is 2.10. The summed E-state index contributed by atoms with van der Waals surface area (Å²) in [5, 5.41) is 2.98. The standard InChI is InChI=1S/C23H21N3O2/c1-16-7-5-10-21(17(16)2)25-23(27)18-8-6-9-20(13-18)28-15-19-14-26-12-4-3-11-22(26)24-19/h3-14H,15H2,1-2H3,(H,25,27). The fraction of sp³-hybridized carbons (Fsp3) is 0.130. The summed E-state index contributed by atoms with van der Waals surface area (Å²) in [5.41, 5.74) is 5.28. The number of nitrogens with one attached hydrogen (secondary N) is 1. The van der Waals surface area contributed by atoms with E-state index < -0.39 is 0 Å². The number of carbonyl (C=O) groups excluding carboxylic acids is 1. The average molecular weight is 371 g/mol. The van der Waals surface area contributed by atoms with E-state index >= 15 is 0 Å². The molecule has 0 saturated carbocycles. The van der Waals surface area contributed by atoms with E-state index in [1.165, 1.54) is 0 Å². The molecule has 2 aromatic carbocycles. The lowest BCUT2D eigenvalue weighted by atomic mass is 10.1. The molecule has 28 heavy (non-hydrogen) atoms. The molecule has 2 aromatic heterocycles. The second-order valence-corrected chi connectivity index (χ2v) is 6.72. The van der Waals surface area contributed by atoms with E-state index in [1.54, 1.807) is 12.1 Å². The Bertz CT molecular complexity index is 1110. The van der Waals surface area contributed by atoms with Gasteiger partial charge in [-0.2, -0.15) is 0 Å². The highest BCUT2D eigenvalue weighted by atomic mass is 16.5. The van der Waals surface area contributed by atoms with Gasteiger partial charge in [0.25, 0.3) is 5.91 Å². The van der Waals surface area contributed by atoms with Gasteiger partial charge in [0.15, 0.2) is 0 Å². The predicted octanol–water partition coefficient (Wildman–Crippen LogP) is 4.78. The van der Waals surface area contributed by atoms with Gasteiger partial charge in [-0.05, 0) is 61.4 Å². The molecule has 0 fully saturated rings. The number of imidazole rings is 1. The molecule has 0 radical (unpaired) electrons. The summed E-state index contributed by atoms with van der Waals surface area (Å²) < 4.78 is 7.80. The number of pyridine rings is 1. The molecule has 140 valence electrons. The van der Waals surface area contributed by atoms with Crippen molar-refractivity contribution in [2.75, 3.05) is 5.32 Å². The van der Waals surface area contributed by atoms with Crippen molar-refractivity contribution >= 4 is 17.2 Å². The minimum Gasteiger partial charge on any atom is -0.487 e. The Balaban J connectivity index is 1.46. The van der Waals surface area contributed by atoms with Crippen molar-refractivity contribution in [2.45, 2.75) is 20.5 Å². The van der Waals surface area contributed by atoms with E-state index in [2.05, 4.69) is 10.3 Å². The number of fused-ring (bicyclic) bond motifs is 1. The fourth-order valence-corrected chi connectivity index (χ4v) is 3.02. The Morgan fingerprint density at radius 1 is 1.07 bits per heavy atom. The molecule has 1 amide bonds. The number of hydrogen-bond donors (Lipinski definition) is 1. The number of carbonyl (C=O) groups is 1. The molecule has 0 spiro atoms. The molecule has 5 heteroatoms.